The highest BCUT2D eigenvalue weighted by atomic mass is 15.1. The molecule has 61 heavy (non-hydrogen) atoms. The second-order valence-electron chi connectivity index (χ2n) is 17.3. The first-order valence-corrected chi connectivity index (χ1v) is 21.4. The molecule has 0 heterocycles. The molecule has 1 nitrogen and oxygen atoms in total. The Hall–Kier alpha value is -7.48. The highest BCUT2D eigenvalue weighted by Crippen LogP contribution is 2.58. The first-order valence-electron chi connectivity index (χ1n) is 21.4. The second-order valence-corrected chi connectivity index (χ2v) is 17.3. The van der Waals surface area contributed by atoms with Gasteiger partial charge in [-0.25, -0.2) is 0 Å². The van der Waals surface area contributed by atoms with Crippen molar-refractivity contribution in [1.82, 2.24) is 0 Å². The van der Waals surface area contributed by atoms with Gasteiger partial charge in [-0.2, -0.15) is 0 Å². The number of rotatable bonds is 6. The van der Waals surface area contributed by atoms with Gasteiger partial charge >= 0.3 is 0 Å². The van der Waals surface area contributed by atoms with Crippen LogP contribution in [-0.4, -0.2) is 0 Å². The maximum Gasteiger partial charge on any atom is 0.0714 e. The van der Waals surface area contributed by atoms with Crippen LogP contribution < -0.4 is 4.90 Å². The molecular formula is C60H43N. The second kappa shape index (κ2) is 13.5. The van der Waals surface area contributed by atoms with Gasteiger partial charge in [0.1, 0.15) is 0 Å². The third-order valence-corrected chi connectivity index (χ3v) is 13.7. The minimum atomic E-state index is -0.504. The average molecular weight is 778 g/mol. The minimum absolute atomic E-state index is 0.123. The van der Waals surface area contributed by atoms with Crippen LogP contribution in [0.25, 0.3) is 54.9 Å². The van der Waals surface area contributed by atoms with Crippen LogP contribution in [0.15, 0.2) is 224 Å². The van der Waals surface area contributed by atoms with Gasteiger partial charge in [-0.05, 0) is 137 Å². The van der Waals surface area contributed by atoms with E-state index in [0.717, 1.165) is 17.1 Å². The van der Waals surface area contributed by atoms with Crippen molar-refractivity contribution in [2.24, 2.45) is 0 Å². The van der Waals surface area contributed by atoms with Crippen LogP contribution in [0, 0.1) is 0 Å². The van der Waals surface area contributed by atoms with Crippen LogP contribution in [0.1, 0.15) is 47.2 Å². The lowest BCUT2D eigenvalue weighted by molar-refractivity contribution is 0.661. The molecule has 0 aliphatic heterocycles. The van der Waals surface area contributed by atoms with Gasteiger partial charge in [0.05, 0.1) is 5.41 Å². The summed E-state index contributed by atoms with van der Waals surface area (Å²) in [6, 6.07) is 83.6. The van der Waals surface area contributed by atoms with E-state index in [9.17, 15) is 0 Å². The first-order chi connectivity index (χ1) is 30.0. The van der Waals surface area contributed by atoms with Crippen molar-refractivity contribution in [2.45, 2.75) is 24.7 Å². The lowest BCUT2D eigenvalue weighted by Crippen LogP contribution is -2.28. The molecule has 288 valence electrons. The van der Waals surface area contributed by atoms with Crippen molar-refractivity contribution in [3.05, 3.63) is 258 Å². The fourth-order valence-corrected chi connectivity index (χ4v) is 10.9. The molecule has 0 saturated carbocycles. The number of anilines is 3. The van der Waals surface area contributed by atoms with Gasteiger partial charge in [-0.1, -0.05) is 190 Å². The summed E-state index contributed by atoms with van der Waals surface area (Å²) in [6.45, 7) is 4.75. The van der Waals surface area contributed by atoms with Crippen molar-refractivity contribution in [3.63, 3.8) is 0 Å². The van der Waals surface area contributed by atoms with Gasteiger partial charge in [0.15, 0.2) is 0 Å². The molecule has 0 amide bonds. The van der Waals surface area contributed by atoms with E-state index >= 15 is 0 Å². The zero-order valence-corrected chi connectivity index (χ0v) is 34.3. The van der Waals surface area contributed by atoms with Gasteiger partial charge in [0.2, 0.25) is 0 Å². The molecule has 0 fully saturated rings. The van der Waals surface area contributed by atoms with Gasteiger partial charge in [-0.15, -0.1) is 0 Å². The van der Waals surface area contributed by atoms with E-state index in [1.54, 1.807) is 0 Å². The largest absolute Gasteiger partial charge is 0.310 e. The minimum Gasteiger partial charge on any atom is -0.310 e. The standard InChI is InChI=1S/C60H43N/c1-59(2)55-35-33-47(38-54(55)53-36-42-17-9-10-18-43(42)37-57(53)59)61(46-30-28-41(29-31-46)50-26-15-19-40-16-11-12-24-49(40)50)48-32-34-52-51-25-13-14-27-56(51)60(58(52)39-48,44-20-5-3-6-21-44)45-22-7-4-8-23-45/h3-39H,1-2H3. The van der Waals surface area contributed by atoms with Gasteiger partial charge in [0.25, 0.3) is 0 Å². The lowest BCUT2D eigenvalue weighted by atomic mass is 9.67. The quantitative estimate of drug-likeness (QED) is 0.163. The third kappa shape index (κ3) is 5.27. The Bertz CT molecular complexity index is 3280. The maximum absolute atomic E-state index is 2.48. The maximum atomic E-state index is 2.48. The fraction of sp³-hybridized carbons (Fsp3) is 0.0667. The van der Waals surface area contributed by atoms with E-state index in [2.05, 4.69) is 243 Å². The first kappa shape index (κ1) is 35.5. The molecule has 0 saturated heterocycles. The fourth-order valence-electron chi connectivity index (χ4n) is 10.9. The molecule has 1 heteroatoms. The SMILES string of the molecule is CC1(C)c2ccc(N(c3ccc(-c4cccc5ccccc45)cc3)c3ccc4c(c3)C(c3ccccc3)(c3ccccc3)c3ccccc3-4)cc2-c2cc3ccccc3cc21. The number of benzene rings is 10. The Balaban J connectivity index is 1.09. The normalized spacial score (nSPS) is 14.0. The summed E-state index contributed by atoms with van der Waals surface area (Å²) in [7, 11) is 0. The number of hydrogen-bond donors (Lipinski definition) is 0. The number of hydrogen-bond acceptors (Lipinski definition) is 1. The summed E-state index contributed by atoms with van der Waals surface area (Å²) in [4.78, 5) is 2.48. The van der Waals surface area contributed by atoms with E-state index in [1.165, 1.54) is 88.3 Å². The molecule has 10 aromatic rings. The highest BCUT2D eigenvalue weighted by Gasteiger charge is 2.46. The smallest absolute Gasteiger partial charge is 0.0714 e. The van der Waals surface area contributed by atoms with Gasteiger partial charge < -0.3 is 4.90 Å². The van der Waals surface area contributed by atoms with E-state index in [0.29, 0.717) is 0 Å². The molecule has 2 aliphatic carbocycles. The number of nitrogens with zero attached hydrogens (tertiary/aromatic N) is 1. The van der Waals surface area contributed by atoms with E-state index in [4.69, 9.17) is 0 Å². The van der Waals surface area contributed by atoms with Crippen LogP contribution in [0.4, 0.5) is 17.1 Å². The summed E-state index contributed by atoms with van der Waals surface area (Å²) in [5.41, 5.74) is 18.2. The summed E-state index contributed by atoms with van der Waals surface area (Å²) < 4.78 is 0. The van der Waals surface area contributed by atoms with E-state index in [1.807, 2.05) is 0 Å². The third-order valence-electron chi connectivity index (χ3n) is 13.7. The van der Waals surface area contributed by atoms with Crippen molar-refractivity contribution >= 4 is 38.6 Å². The molecule has 2 aliphatic rings. The summed E-state index contributed by atoms with van der Waals surface area (Å²) in [6.07, 6.45) is 0. The zero-order valence-electron chi connectivity index (χ0n) is 34.3. The Labute approximate surface area is 357 Å². The summed E-state index contributed by atoms with van der Waals surface area (Å²) >= 11 is 0. The Morgan fingerprint density at radius 2 is 0.852 bits per heavy atom. The topological polar surface area (TPSA) is 3.24 Å². The molecule has 0 bridgehead atoms. The van der Waals surface area contributed by atoms with Crippen LogP contribution in [-0.2, 0) is 10.8 Å². The zero-order chi connectivity index (χ0) is 40.7. The van der Waals surface area contributed by atoms with Crippen LogP contribution >= 0.6 is 0 Å². The number of fused-ring (bicyclic) bond motifs is 8. The highest BCUT2D eigenvalue weighted by molar-refractivity contribution is 5.98. The molecule has 0 radical (unpaired) electrons. The van der Waals surface area contributed by atoms with Crippen molar-refractivity contribution in [2.75, 3.05) is 4.90 Å². The summed E-state index contributed by atoms with van der Waals surface area (Å²) in [5.74, 6) is 0. The van der Waals surface area contributed by atoms with Crippen molar-refractivity contribution in [3.8, 4) is 33.4 Å². The van der Waals surface area contributed by atoms with E-state index in [-0.39, 0.29) is 5.41 Å². The van der Waals surface area contributed by atoms with Gasteiger partial charge in [0, 0.05) is 22.5 Å². The predicted molar refractivity (Wildman–Crippen MR) is 256 cm³/mol. The summed E-state index contributed by atoms with van der Waals surface area (Å²) in [5, 5.41) is 5.07. The lowest BCUT2D eigenvalue weighted by Gasteiger charge is -2.35. The molecule has 0 spiro atoms. The monoisotopic (exact) mass is 777 g/mol. The predicted octanol–water partition coefficient (Wildman–Crippen LogP) is 15.8. The molecule has 10 aromatic carbocycles. The molecule has 12 rings (SSSR count). The van der Waals surface area contributed by atoms with Crippen molar-refractivity contribution in [1.29, 1.82) is 0 Å². The van der Waals surface area contributed by atoms with Crippen LogP contribution in [0.3, 0.4) is 0 Å². The van der Waals surface area contributed by atoms with Crippen LogP contribution in [0.2, 0.25) is 0 Å². The Morgan fingerprint density at radius 3 is 1.61 bits per heavy atom. The molecular weight excluding hydrogens is 735 g/mol. The van der Waals surface area contributed by atoms with Gasteiger partial charge in [-0.3, -0.25) is 0 Å². The Kier molecular flexibility index (Phi) is 7.86. The average Bonchev–Trinajstić information content (AvgIpc) is 3.73. The van der Waals surface area contributed by atoms with Crippen LogP contribution in [0.5, 0.6) is 0 Å². The molecule has 0 aromatic heterocycles. The van der Waals surface area contributed by atoms with E-state index < -0.39 is 5.41 Å². The van der Waals surface area contributed by atoms with Crippen molar-refractivity contribution < 1.29 is 0 Å². The molecule has 0 N–H and O–H groups in total. The molecule has 0 atom stereocenters. The Morgan fingerprint density at radius 1 is 0.311 bits per heavy atom. The molecule has 0 unspecified atom stereocenters.